The van der Waals surface area contributed by atoms with Gasteiger partial charge in [0.1, 0.15) is 6.26 Å². The summed E-state index contributed by atoms with van der Waals surface area (Å²) >= 11 is 1.60. The van der Waals surface area contributed by atoms with Crippen LogP contribution in [0.2, 0.25) is 0 Å². The maximum atomic E-state index is 10.7. The predicted molar refractivity (Wildman–Crippen MR) is 90.0 cm³/mol. The summed E-state index contributed by atoms with van der Waals surface area (Å²) in [7, 11) is 1.79. The zero-order valence-electron chi connectivity index (χ0n) is 13.6. The number of ether oxygens (including phenoxy) is 1. The van der Waals surface area contributed by atoms with Gasteiger partial charge in [-0.05, 0) is 18.5 Å². The minimum absolute atomic E-state index is 0.00627. The van der Waals surface area contributed by atoms with E-state index in [4.69, 9.17) is 14.3 Å². The highest BCUT2D eigenvalue weighted by molar-refractivity contribution is 7.13. The number of aliphatic carboxylic acids is 1. The van der Waals surface area contributed by atoms with Crippen molar-refractivity contribution in [2.45, 2.75) is 12.6 Å². The molecule has 24 heavy (non-hydrogen) atoms. The molecule has 0 aromatic carbocycles. The number of aromatic nitrogens is 1. The molecule has 0 saturated carbocycles. The summed E-state index contributed by atoms with van der Waals surface area (Å²) in [4.78, 5) is 20.3. The molecule has 1 fully saturated rings. The molecular weight excluding hydrogens is 330 g/mol. The number of rotatable bonds is 7. The van der Waals surface area contributed by atoms with E-state index in [9.17, 15) is 4.79 Å². The Morgan fingerprint density at radius 3 is 3.21 bits per heavy atom. The summed E-state index contributed by atoms with van der Waals surface area (Å²) in [5.41, 5.74) is 0.901. The van der Waals surface area contributed by atoms with Crippen molar-refractivity contribution in [1.82, 2.24) is 14.8 Å². The van der Waals surface area contributed by atoms with Crippen molar-refractivity contribution >= 4 is 17.3 Å². The molecule has 1 saturated heterocycles. The first kappa shape index (κ1) is 17.1. The van der Waals surface area contributed by atoms with Crippen LogP contribution in [0.4, 0.5) is 0 Å². The van der Waals surface area contributed by atoms with Gasteiger partial charge in [0.25, 0.3) is 0 Å². The molecule has 0 radical (unpaired) electrons. The fourth-order valence-corrected chi connectivity index (χ4v) is 3.46. The van der Waals surface area contributed by atoms with Crippen LogP contribution in [0.3, 0.4) is 0 Å². The Kier molecular flexibility index (Phi) is 5.62. The molecule has 8 heteroatoms. The lowest BCUT2D eigenvalue weighted by molar-refractivity contribution is -0.138. The lowest BCUT2D eigenvalue weighted by atomic mass is 10.2. The number of hydrogen-bond donors (Lipinski definition) is 1. The molecule has 1 unspecified atom stereocenters. The summed E-state index contributed by atoms with van der Waals surface area (Å²) < 4.78 is 11.3. The number of carboxylic acid groups (broad SMARTS) is 1. The highest BCUT2D eigenvalue weighted by Crippen LogP contribution is 2.24. The highest BCUT2D eigenvalue weighted by atomic mass is 32.1. The summed E-state index contributed by atoms with van der Waals surface area (Å²) in [5, 5.41) is 10.8. The first-order valence-corrected chi connectivity index (χ1v) is 8.70. The van der Waals surface area contributed by atoms with E-state index < -0.39 is 5.97 Å². The minimum atomic E-state index is -0.825. The Hall–Kier alpha value is -1.74. The first-order valence-electron chi connectivity index (χ1n) is 7.82. The minimum Gasteiger partial charge on any atom is -0.480 e. The van der Waals surface area contributed by atoms with Gasteiger partial charge >= 0.3 is 5.97 Å². The van der Waals surface area contributed by atoms with Gasteiger partial charge in [0.15, 0.2) is 0 Å². The third-order valence-electron chi connectivity index (χ3n) is 3.81. The molecule has 1 aliphatic rings. The summed E-state index contributed by atoms with van der Waals surface area (Å²) in [6.07, 6.45) is 1.71. The number of nitrogens with zero attached hydrogens (tertiary/aromatic N) is 3. The number of likely N-dealkylation sites (N-methyl/N-ethyl adjacent to an activating group) is 1. The number of carbonyl (C=O) groups is 1. The van der Waals surface area contributed by atoms with Crippen molar-refractivity contribution in [3.05, 3.63) is 29.5 Å². The Balaban J connectivity index is 1.53. The van der Waals surface area contributed by atoms with Gasteiger partial charge in [-0.3, -0.25) is 14.6 Å². The second-order valence-corrected chi connectivity index (χ2v) is 6.89. The van der Waals surface area contributed by atoms with Gasteiger partial charge < -0.3 is 14.3 Å². The lowest BCUT2D eigenvalue weighted by Gasteiger charge is -2.34. The third kappa shape index (κ3) is 4.64. The van der Waals surface area contributed by atoms with Crippen molar-refractivity contribution in [2.75, 3.05) is 39.8 Å². The fourth-order valence-electron chi connectivity index (χ4n) is 2.80. The second-order valence-electron chi connectivity index (χ2n) is 5.94. The van der Waals surface area contributed by atoms with Crippen molar-refractivity contribution in [3.63, 3.8) is 0 Å². The number of morpholine rings is 1. The molecule has 1 N–H and O–H groups in total. The average Bonchev–Trinajstić information content (AvgIpc) is 3.17. The molecule has 0 bridgehead atoms. The number of carboxylic acids is 1. The number of hydrogen-bond acceptors (Lipinski definition) is 7. The lowest BCUT2D eigenvalue weighted by Crippen LogP contribution is -2.47. The second kappa shape index (κ2) is 7.89. The summed E-state index contributed by atoms with van der Waals surface area (Å²) in [6.45, 7) is 3.56. The Labute approximate surface area is 144 Å². The molecule has 7 nitrogen and oxygen atoms in total. The van der Waals surface area contributed by atoms with Crippen LogP contribution in [0, 0.1) is 0 Å². The zero-order chi connectivity index (χ0) is 16.9. The van der Waals surface area contributed by atoms with E-state index in [2.05, 4.69) is 9.88 Å². The molecule has 3 rings (SSSR count). The molecule has 3 heterocycles. The van der Waals surface area contributed by atoms with E-state index in [1.54, 1.807) is 29.5 Å². The zero-order valence-corrected chi connectivity index (χ0v) is 14.4. The van der Waals surface area contributed by atoms with Gasteiger partial charge in [0, 0.05) is 26.2 Å². The van der Waals surface area contributed by atoms with Crippen LogP contribution in [0.5, 0.6) is 0 Å². The summed E-state index contributed by atoms with van der Waals surface area (Å²) in [6, 6.07) is 3.97. The Bertz CT molecular complexity index is 658. The standard InChI is InChI=1S/C16H21N3O4S/c1-18(10-15(20)21)8-13-9-19(4-5-22-13)7-12-11-23-16(17-12)14-3-2-6-24-14/h2-3,6,11,13H,4-5,7-10H2,1H3,(H,20,21). The highest BCUT2D eigenvalue weighted by Gasteiger charge is 2.23. The van der Waals surface area contributed by atoms with Crippen molar-refractivity contribution in [2.24, 2.45) is 0 Å². The molecule has 0 spiro atoms. The molecule has 0 aliphatic carbocycles. The molecule has 1 atom stereocenters. The summed E-state index contributed by atoms with van der Waals surface area (Å²) in [5.74, 6) is -0.167. The van der Waals surface area contributed by atoms with Crippen molar-refractivity contribution < 1.29 is 19.1 Å². The van der Waals surface area contributed by atoms with Crippen molar-refractivity contribution in [1.29, 1.82) is 0 Å². The van der Waals surface area contributed by atoms with Crippen LogP contribution in [-0.2, 0) is 16.1 Å². The largest absolute Gasteiger partial charge is 0.480 e. The SMILES string of the molecule is CN(CC(=O)O)CC1CN(Cc2coc(-c3cccs3)n2)CCO1. The quantitative estimate of drug-likeness (QED) is 0.812. The van der Waals surface area contributed by atoms with Crippen LogP contribution in [-0.4, -0.2) is 71.8 Å². The van der Waals surface area contributed by atoms with Crippen molar-refractivity contribution in [3.8, 4) is 10.8 Å². The van der Waals surface area contributed by atoms with Crippen LogP contribution < -0.4 is 0 Å². The van der Waals surface area contributed by atoms with Crippen LogP contribution in [0.1, 0.15) is 5.69 Å². The molecule has 1 aliphatic heterocycles. The Morgan fingerprint density at radius 2 is 2.46 bits per heavy atom. The van der Waals surface area contributed by atoms with Crippen LogP contribution in [0.25, 0.3) is 10.8 Å². The van der Waals surface area contributed by atoms with Gasteiger partial charge in [-0.2, -0.15) is 0 Å². The van der Waals surface area contributed by atoms with E-state index >= 15 is 0 Å². The van der Waals surface area contributed by atoms with Crippen LogP contribution >= 0.6 is 11.3 Å². The van der Waals surface area contributed by atoms with Gasteiger partial charge in [-0.1, -0.05) is 6.07 Å². The maximum absolute atomic E-state index is 10.7. The van der Waals surface area contributed by atoms with E-state index in [-0.39, 0.29) is 12.6 Å². The molecule has 0 amide bonds. The topological polar surface area (TPSA) is 79.0 Å². The van der Waals surface area contributed by atoms with Gasteiger partial charge in [0.2, 0.25) is 5.89 Å². The van der Waals surface area contributed by atoms with Gasteiger partial charge in [-0.15, -0.1) is 11.3 Å². The normalized spacial score (nSPS) is 19.0. The Morgan fingerprint density at radius 1 is 1.58 bits per heavy atom. The first-order chi connectivity index (χ1) is 11.6. The predicted octanol–water partition coefficient (Wildman–Crippen LogP) is 1.62. The van der Waals surface area contributed by atoms with E-state index in [0.29, 0.717) is 25.6 Å². The van der Waals surface area contributed by atoms with E-state index in [1.165, 1.54) is 0 Å². The fraction of sp³-hybridized carbons (Fsp3) is 0.500. The number of oxazole rings is 1. The molecule has 130 valence electrons. The maximum Gasteiger partial charge on any atom is 0.317 e. The van der Waals surface area contributed by atoms with E-state index in [1.807, 2.05) is 17.5 Å². The van der Waals surface area contributed by atoms with Gasteiger partial charge in [-0.25, -0.2) is 4.98 Å². The van der Waals surface area contributed by atoms with E-state index in [0.717, 1.165) is 23.7 Å². The molecule has 2 aromatic heterocycles. The smallest absolute Gasteiger partial charge is 0.317 e. The number of thiophene rings is 1. The van der Waals surface area contributed by atoms with Gasteiger partial charge in [0.05, 0.1) is 29.8 Å². The molecule has 2 aromatic rings. The monoisotopic (exact) mass is 351 g/mol. The average molecular weight is 351 g/mol. The van der Waals surface area contributed by atoms with Crippen LogP contribution in [0.15, 0.2) is 28.2 Å². The third-order valence-corrected chi connectivity index (χ3v) is 4.67. The molecular formula is C16H21N3O4S.